The normalized spacial score (nSPS) is 18.9. The molecule has 0 aromatic rings. The highest BCUT2D eigenvalue weighted by molar-refractivity contribution is 5.78. The third kappa shape index (κ3) is 8.15. The van der Waals surface area contributed by atoms with Crippen LogP contribution in [0.4, 0.5) is 0 Å². The minimum absolute atomic E-state index is 0.0288. The molecule has 5 heteroatoms. The zero-order valence-corrected chi connectivity index (χ0v) is 12.8. The number of piperidine rings is 1. The van der Waals surface area contributed by atoms with E-state index in [0.717, 1.165) is 26.1 Å². The van der Waals surface area contributed by atoms with Crippen molar-refractivity contribution in [2.45, 2.75) is 58.4 Å². The Hall–Kier alpha value is -1.10. The Morgan fingerprint density at radius 3 is 2.65 bits per heavy atom. The van der Waals surface area contributed by atoms with Crippen molar-refractivity contribution in [1.82, 2.24) is 16.0 Å². The molecule has 0 spiro atoms. The highest BCUT2D eigenvalue weighted by Gasteiger charge is 2.12. The van der Waals surface area contributed by atoms with Crippen LogP contribution in [0.1, 0.15) is 52.4 Å². The molecule has 0 aromatic heterocycles. The average molecular weight is 283 g/mol. The molecule has 1 heterocycles. The van der Waals surface area contributed by atoms with E-state index in [9.17, 15) is 9.59 Å². The zero-order chi connectivity index (χ0) is 14.8. The average Bonchev–Trinajstić information content (AvgIpc) is 2.39. The second kappa shape index (κ2) is 9.75. The van der Waals surface area contributed by atoms with E-state index in [2.05, 4.69) is 16.0 Å². The third-order valence-electron chi connectivity index (χ3n) is 3.53. The Morgan fingerprint density at radius 2 is 2.00 bits per heavy atom. The molecule has 5 nitrogen and oxygen atoms in total. The standard InChI is InChI=1S/C15H29N3O2/c1-12(2)18-15(20)7-3-6-14(19)17-10-8-13-5-4-9-16-11-13/h12-13,16H,3-11H2,1-2H3,(H,17,19)(H,18,20). The van der Waals surface area contributed by atoms with E-state index in [1.54, 1.807) is 0 Å². The molecule has 1 unspecified atom stereocenters. The molecule has 1 aliphatic rings. The van der Waals surface area contributed by atoms with E-state index in [1.807, 2.05) is 13.8 Å². The summed E-state index contributed by atoms with van der Waals surface area (Å²) in [5.41, 5.74) is 0. The van der Waals surface area contributed by atoms with Crippen molar-refractivity contribution < 1.29 is 9.59 Å². The number of amides is 2. The largest absolute Gasteiger partial charge is 0.356 e. The number of nitrogens with one attached hydrogen (secondary N) is 3. The molecule has 3 N–H and O–H groups in total. The number of rotatable bonds is 8. The maximum absolute atomic E-state index is 11.6. The van der Waals surface area contributed by atoms with Crippen molar-refractivity contribution >= 4 is 11.8 Å². The van der Waals surface area contributed by atoms with Crippen molar-refractivity contribution in [3.8, 4) is 0 Å². The molecule has 2 amide bonds. The summed E-state index contributed by atoms with van der Waals surface area (Å²) in [4.78, 5) is 23.0. The van der Waals surface area contributed by atoms with E-state index in [0.29, 0.717) is 25.2 Å². The smallest absolute Gasteiger partial charge is 0.220 e. The van der Waals surface area contributed by atoms with Gasteiger partial charge in [0.05, 0.1) is 0 Å². The number of carbonyl (C=O) groups excluding carboxylic acids is 2. The topological polar surface area (TPSA) is 70.2 Å². The van der Waals surface area contributed by atoms with Gasteiger partial charge >= 0.3 is 0 Å². The van der Waals surface area contributed by atoms with Crippen LogP contribution in [0, 0.1) is 5.92 Å². The van der Waals surface area contributed by atoms with Crippen molar-refractivity contribution in [3.05, 3.63) is 0 Å². The quantitative estimate of drug-likeness (QED) is 0.626. The van der Waals surface area contributed by atoms with Gasteiger partial charge in [-0.15, -0.1) is 0 Å². The Morgan fingerprint density at radius 1 is 1.25 bits per heavy atom. The van der Waals surface area contributed by atoms with E-state index in [1.165, 1.54) is 12.8 Å². The Balaban J connectivity index is 1.98. The van der Waals surface area contributed by atoms with Gasteiger partial charge < -0.3 is 16.0 Å². The molecule has 0 saturated carbocycles. The third-order valence-corrected chi connectivity index (χ3v) is 3.53. The molecule has 20 heavy (non-hydrogen) atoms. The molecule has 1 fully saturated rings. The second-order valence-electron chi connectivity index (χ2n) is 5.93. The highest BCUT2D eigenvalue weighted by Crippen LogP contribution is 2.12. The molecule has 116 valence electrons. The summed E-state index contributed by atoms with van der Waals surface area (Å²) in [6.45, 7) is 6.82. The maximum atomic E-state index is 11.6. The van der Waals surface area contributed by atoms with Gasteiger partial charge in [0, 0.05) is 25.4 Å². The first kappa shape index (κ1) is 17.0. The van der Waals surface area contributed by atoms with Crippen LogP contribution in [0.15, 0.2) is 0 Å². The molecule has 1 atom stereocenters. The van der Waals surface area contributed by atoms with Gasteiger partial charge in [-0.25, -0.2) is 0 Å². The first-order valence-corrected chi connectivity index (χ1v) is 7.84. The minimum atomic E-state index is 0.0288. The predicted octanol–water partition coefficient (Wildman–Crippen LogP) is 1.19. The molecule has 0 aromatic carbocycles. The van der Waals surface area contributed by atoms with Crippen LogP contribution >= 0.6 is 0 Å². The summed E-state index contributed by atoms with van der Waals surface area (Å²) >= 11 is 0. The summed E-state index contributed by atoms with van der Waals surface area (Å²) in [7, 11) is 0. The van der Waals surface area contributed by atoms with Crippen LogP contribution in [0.5, 0.6) is 0 Å². The van der Waals surface area contributed by atoms with Crippen LogP contribution in [0.25, 0.3) is 0 Å². The molecule has 0 aliphatic carbocycles. The number of carbonyl (C=O) groups is 2. The number of hydrogen-bond donors (Lipinski definition) is 3. The molecular formula is C15H29N3O2. The summed E-state index contributed by atoms with van der Waals surface area (Å²) < 4.78 is 0. The van der Waals surface area contributed by atoms with E-state index in [-0.39, 0.29) is 17.9 Å². The van der Waals surface area contributed by atoms with Gasteiger partial charge in [0.1, 0.15) is 0 Å². The molecule has 1 aliphatic heterocycles. The SMILES string of the molecule is CC(C)NC(=O)CCCC(=O)NCCC1CCCNC1. The van der Waals surface area contributed by atoms with E-state index in [4.69, 9.17) is 0 Å². The van der Waals surface area contributed by atoms with E-state index < -0.39 is 0 Å². The van der Waals surface area contributed by atoms with Crippen LogP contribution in [-0.2, 0) is 9.59 Å². The van der Waals surface area contributed by atoms with Gasteiger partial charge in [-0.3, -0.25) is 9.59 Å². The fourth-order valence-electron chi connectivity index (χ4n) is 2.48. The molecule has 1 saturated heterocycles. The lowest BCUT2D eigenvalue weighted by molar-refractivity contribution is -0.122. The highest BCUT2D eigenvalue weighted by atomic mass is 16.2. The summed E-state index contributed by atoms with van der Waals surface area (Å²) in [5, 5.41) is 9.15. The van der Waals surface area contributed by atoms with Crippen LogP contribution in [0.3, 0.4) is 0 Å². The number of hydrogen-bond acceptors (Lipinski definition) is 3. The summed E-state index contributed by atoms with van der Waals surface area (Å²) in [6.07, 6.45) is 5.04. The van der Waals surface area contributed by atoms with Gasteiger partial charge in [-0.05, 0) is 58.5 Å². The van der Waals surface area contributed by atoms with E-state index >= 15 is 0 Å². The van der Waals surface area contributed by atoms with Crippen LogP contribution in [-0.4, -0.2) is 37.5 Å². The molecule has 0 bridgehead atoms. The Kier molecular flexibility index (Phi) is 8.26. The monoisotopic (exact) mass is 283 g/mol. The summed E-state index contributed by atoms with van der Waals surface area (Å²) in [6, 6.07) is 0.167. The zero-order valence-electron chi connectivity index (χ0n) is 12.8. The first-order valence-electron chi connectivity index (χ1n) is 7.84. The lowest BCUT2D eigenvalue weighted by Crippen LogP contribution is -2.33. The molecule has 0 radical (unpaired) electrons. The van der Waals surface area contributed by atoms with Crippen LogP contribution in [0.2, 0.25) is 0 Å². The van der Waals surface area contributed by atoms with Crippen molar-refractivity contribution in [1.29, 1.82) is 0 Å². The van der Waals surface area contributed by atoms with Gasteiger partial charge in [0.25, 0.3) is 0 Å². The fourth-order valence-corrected chi connectivity index (χ4v) is 2.48. The van der Waals surface area contributed by atoms with Gasteiger partial charge in [0.15, 0.2) is 0 Å². The predicted molar refractivity (Wildman–Crippen MR) is 80.4 cm³/mol. The Labute approximate surface area is 122 Å². The fraction of sp³-hybridized carbons (Fsp3) is 0.867. The molecule has 1 rings (SSSR count). The van der Waals surface area contributed by atoms with Crippen molar-refractivity contribution in [2.75, 3.05) is 19.6 Å². The second-order valence-corrected chi connectivity index (χ2v) is 5.93. The minimum Gasteiger partial charge on any atom is -0.356 e. The summed E-state index contributed by atoms with van der Waals surface area (Å²) in [5.74, 6) is 0.785. The lowest BCUT2D eigenvalue weighted by Gasteiger charge is -2.22. The van der Waals surface area contributed by atoms with Gasteiger partial charge in [-0.2, -0.15) is 0 Å². The van der Waals surface area contributed by atoms with Crippen molar-refractivity contribution in [3.63, 3.8) is 0 Å². The Bertz CT molecular complexity index is 299. The lowest BCUT2D eigenvalue weighted by atomic mass is 9.96. The van der Waals surface area contributed by atoms with Gasteiger partial charge in [-0.1, -0.05) is 0 Å². The maximum Gasteiger partial charge on any atom is 0.220 e. The van der Waals surface area contributed by atoms with Gasteiger partial charge in [0.2, 0.25) is 11.8 Å². The first-order chi connectivity index (χ1) is 9.58. The van der Waals surface area contributed by atoms with Crippen LogP contribution < -0.4 is 16.0 Å². The molecular weight excluding hydrogens is 254 g/mol. The van der Waals surface area contributed by atoms with Crippen molar-refractivity contribution in [2.24, 2.45) is 5.92 Å².